The molecule has 5 nitrogen and oxygen atoms in total. The van der Waals surface area contributed by atoms with Gasteiger partial charge in [0.15, 0.2) is 5.69 Å². The minimum Gasteiger partial charge on any atom is -0.494 e. The summed E-state index contributed by atoms with van der Waals surface area (Å²) in [6, 6.07) is 7.67. The highest BCUT2D eigenvalue weighted by Crippen LogP contribution is 2.26. The summed E-state index contributed by atoms with van der Waals surface area (Å²) in [4.78, 5) is 16.2. The zero-order valence-electron chi connectivity index (χ0n) is 12.8. The van der Waals surface area contributed by atoms with Gasteiger partial charge in [-0.15, -0.1) is 11.3 Å². The standard InChI is InChI=1S/C16H20N2O3S/c1-3-20-13-7-5-12(6-8-13)15-18-14(11-22-15)16(19)21-10-4-9-17-2/h5-8,11,17H,3-4,9-10H2,1-2H3. The van der Waals surface area contributed by atoms with Gasteiger partial charge in [0, 0.05) is 10.9 Å². The summed E-state index contributed by atoms with van der Waals surface area (Å²) in [7, 11) is 1.87. The second kappa shape index (κ2) is 8.51. The van der Waals surface area contributed by atoms with Crippen LogP contribution in [0.15, 0.2) is 29.6 Å². The van der Waals surface area contributed by atoms with Gasteiger partial charge < -0.3 is 14.8 Å². The Morgan fingerprint density at radius 1 is 1.32 bits per heavy atom. The first-order chi connectivity index (χ1) is 10.7. The van der Waals surface area contributed by atoms with Gasteiger partial charge in [-0.2, -0.15) is 0 Å². The summed E-state index contributed by atoms with van der Waals surface area (Å²) < 4.78 is 10.6. The normalized spacial score (nSPS) is 10.5. The molecule has 1 heterocycles. The molecule has 0 saturated carbocycles. The lowest BCUT2D eigenvalue weighted by Gasteiger charge is -2.03. The van der Waals surface area contributed by atoms with E-state index < -0.39 is 0 Å². The van der Waals surface area contributed by atoms with Crippen LogP contribution in [0.5, 0.6) is 5.75 Å². The molecule has 6 heteroatoms. The molecule has 0 radical (unpaired) electrons. The fourth-order valence-corrected chi connectivity index (χ4v) is 2.64. The summed E-state index contributed by atoms with van der Waals surface area (Å²) >= 11 is 1.43. The number of ether oxygens (including phenoxy) is 2. The Labute approximate surface area is 134 Å². The van der Waals surface area contributed by atoms with Gasteiger partial charge in [0.25, 0.3) is 0 Å². The van der Waals surface area contributed by atoms with Crippen molar-refractivity contribution in [3.8, 4) is 16.3 Å². The smallest absolute Gasteiger partial charge is 0.357 e. The van der Waals surface area contributed by atoms with E-state index >= 15 is 0 Å². The SMILES string of the molecule is CCOc1ccc(-c2nc(C(=O)OCCCNC)cs2)cc1. The molecule has 0 spiro atoms. The van der Waals surface area contributed by atoms with Gasteiger partial charge in [0.05, 0.1) is 13.2 Å². The number of hydrogen-bond acceptors (Lipinski definition) is 6. The summed E-state index contributed by atoms with van der Waals surface area (Å²) in [5.74, 6) is 0.455. The molecule has 0 unspecified atom stereocenters. The molecule has 0 saturated heterocycles. The van der Waals surface area contributed by atoms with E-state index in [1.54, 1.807) is 5.38 Å². The molecule has 0 aliphatic carbocycles. The van der Waals surface area contributed by atoms with Crippen LogP contribution in [0.2, 0.25) is 0 Å². The average Bonchev–Trinajstić information content (AvgIpc) is 3.02. The Kier molecular flexibility index (Phi) is 6.36. The molecule has 0 fully saturated rings. The molecule has 1 aromatic heterocycles. The van der Waals surface area contributed by atoms with Crippen molar-refractivity contribution in [1.82, 2.24) is 10.3 Å². The number of benzene rings is 1. The number of rotatable bonds is 8. The molecular formula is C16H20N2O3S. The lowest BCUT2D eigenvalue weighted by atomic mass is 10.2. The monoisotopic (exact) mass is 320 g/mol. The molecule has 0 aliphatic heterocycles. The van der Waals surface area contributed by atoms with E-state index in [4.69, 9.17) is 9.47 Å². The van der Waals surface area contributed by atoms with Gasteiger partial charge in [0.1, 0.15) is 10.8 Å². The molecule has 2 aromatic rings. The fourth-order valence-electron chi connectivity index (χ4n) is 1.85. The van der Waals surface area contributed by atoms with E-state index in [1.807, 2.05) is 38.2 Å². The quantitative estimate of drug-likeness (QED) is 0.598. The lowest BCUT2D eigenvalue weighted by Crippen LogP contribution is -2.13. The third-order valence-electron chi connectivity index (χ3n) is 2.93. The number of hydrogen-bond donors (Lipinski definition) is 1. The number of nitrogens with zero attached hydrogens (tertiary/aromatic N) is 1. The van der Waals surface area contributed by atoms with E-state index in [0.29, 0.717) is 18.9 Å². The molecular weight excluding hydrogens is 300 g/mol. The van der Waals surface area contributed by atoms with Crippen LogP contribution >= 0.6 is 11.3 Å². The molecule has 118 valence electrons. The van der Waals surface area contributed by atoms with Gasteiger partial charge in [-0.25, -0.2) is 9.78 Å². The zero-order valence-corrected chi connectivity index (χ0v) is 13.6. The first kappa shape index (κ1) is 16.5. The number of carbonyl (C=O) groups excluding carboxylic acids is 1. The van der Waals surface area contributed by atoms with Crippen LogP contribution in [-0.2, 0) is 4.74 Å². The third-order valence-corrected chi connectivity index (χ3v) is 3.82. The predicted octanol–water partition coefficient (Wildman–Crippen LogP) is 2.98. The van der Waals surface area contributed by atoms with Crippen molar-refractivity contribution < 1.29 is 14.3 Å². The Morgan fingerprint density at radius 2 is 2.09 bits per heavy atom. The molecule has 2 rings (SSSR count). The maximum Gasteiger partial charge on any atom is 0.357 e. The summed E-state index contributed by atoms with van der Waals surface area (Å²) in [6.45, 7) is 3.81. The van der Waals surface area contributed by atoms with E-state index in [-0.39, 0.29) is 5.97 Å². The maximum absolute atomic E-state index is 11.9. The third kappa shape index (κ3) is 4.54. The van der Waals surface area contributed by atoms with E-state index in [0.717, 1.165) is 29.3 Å². The Morgan fingerprint density at radius 3 is 2.77 bits per heavy atom. The minimum absolute atomic E-state index is 0.360. The Hall–Kier alpha value is -1.92. The van der Waals surface area contributed by atoms with Crippen LogP contribution in [0, 0.1) is 0 Å². The highest BCUT2D eigenvalue weighted by molar-refractivity contribution is 7.13. The van der Waals surface area contributed by atoms with Crippen molar-refractivity contribution in [1.29, 1.82) is 0 Å². The largest absolute Gasteiger partial charge is 0.494 e. The van der Waals surface area contributed by atoms with Gasteiger partial charge in [-0.3, -0.25) is 0 Å². The molecule has 0 atom stereocenters. The highest BCUT2D eigenvalue weighted by Gasteiger charge is 2.13. The van der Waals surface area contributed by atoms with Gasteiger partial charge in [-0.05, 0) is 51.2 Å². The van der Waals surface area contributed by atoms with Gasteiger partial charge >= 0.3 is 5.97 Å². The Bertz CT molecular complexity index is 596. The summed E-state index contributed by atoms with van der Waals surface area (Å²) in [6.07, 6.45) is 0.790. The number of thiazole rings is 1. The highest BCUT2D eigenvalue weighted by atomic mass is 32.1. The van der Waals surface area contributed by atoms with Crippen LogP contribution in [0.25, 0.3) is 10.6 Å². The van der Waals surface area contributed by atoms with Crippen molar-refractivity contribution in [2.45, 2.75) is 13.3 Å². The van der Waals surface area contributed by atoms with Crippen LogP contribution in [0.1, 0.15) is 23.8 Å². The molecule has 0 amide bonds. The van der Waals surface area contributed by atoms with Crippen LogP contribution in [-0.4, -0.2) is 37.8 Å². The van der Waals surface area contributed by atoms with Gasteiger partial charge in [0.2, 0.25) is 0 Å². The van der Waals surface area contributed by atoms with E-state index in [2.05, 4.69) is 10.3 Å². The molecule has 22 heavy (non-hydrogen) atoms. The molecule has 0 aliphatic rings. The lowest BCUT2D eigenvalue weighted by molar-refractivity contribution is 0.0495. The first-order valence-electron chi connectivity index (χ1n) is 7.25. The maximum atomic E-state index is 11.9. The number of aromatic nitrogens is 1. The predicted molar refractivity (Wildman–Crippen MR) is 87.5 cm³/mol. The number of esters is 1. The number of carbonyl (C=O) groups is 1. The topological polar surface area (TPSA) is 60.5 Å². The van der Waals surface area contributed by atoms with Crippen molar-refractivity contribution in [3.05, 3.63) is 35.3 Å². The summed E-state index contributed by atoms with van der Waals surface area (Å²) in [5, 5.41) is 5.53. The number of nitrogens with one attached hydrogen (secondary N) is 1. The van der Waals surface area contributed by atoms with Crippen molar-refractivity contribution in [2.75, 3.05) is 26.8 Å². The second-order valence-electron chi connectivity index (χ2n) is 4.59. The van der Waals surface area contributed by atoms with Crippen molar-refractivity contribution in [2.24, 2.45) is 0 Å². The molecule has 1 N–H and O–H groups in total. The van der Waals surface area contributed by atoms with Gasteiger partial charge in [-0.1, -0.05) is 0 Å². The average molecular weight is 320 g/mol. The zero-order chi connectivity index (χ0) is 15.8. The second-order valence-corrected chi connectivity index (χ2v) is 5.45. The Balaban J connectivity index is 1.96. The minimum atomic E-state index is -0.371. The molecule has 0 bridgehead atoms. The van der Waals surface area contributed by atoms with Crippen LogP contribution < -0.4 is 10.1 Å². The summed E-state index contributed by atoms with van der Waals surface area (Å²) in [5.41, 5.74) is 1.32. The first-order valence-corrected chi connectivity index (χ1v) is 8.13. The van der Waals surface area contributed by atoms with Crippen molar-refractivity contribution in [3.63, 3.8) is 0 Å². The van der Waals surface area contributed by atoms with E-state index in [1.165, 1.54) is 11.3 Å². The molecule has 1 aromatic carbocycles. The van der Waals surface area contributed by atoms with Crippen molar-refractivity contribution >= 4 is 17.3 Å². The van der Waals surface area contributed by atoms with Crippen LogP contribution in [0.4, 0.5) is 0 Å². The van der Waals surface area contributed by atoms with E-state index in [9.17, 15) is 4.79 Å². The van der Waals surface area contributed by atoms with Crippen LogP contribution in [0.3, 0.4) is 0 Å². The fraction of sp³-hybridized carbons (Fsp3) is 0.375.